The van der Waals surface area contributed by atoms with Crippen LogP contribution in [0.15, 0.2) is 54.9 Å². The number of hydrogen-bond acceptors (Lipinski definition) is 5. The van der Waals surface area contributed by atoms with Crippen molar-refractivity contribution in [3.63, 3.8) is 0 Å². The van der Waals surface area contributed by atoms with Crippen LogP contribution >= 0.6 is 0 Å². The Labute approximate surface area is 212 Å². The molecule has 2 heterocycles. The summed E-state index contributed by atoms with van der Waals surface area (Å²) in [5.74, 6) is 3.52. The average molecular weight is 485 g/mol. The Morgan fingerprint density at radius 3 is 2.44 bits per heavy atom. The number of hydrogen-bond donors (Lipinski definition) is 3. The number of nitrogens with zero attached hydrogens (tertiary/aromatic N) is 2. The molecule has 1 aromatic carbocycles. The average Bonchev–Trinajstić information content (AvgIpc) is 2.84. The highest BCUT2D eigenvalue weighted by molar-refractivity contribution is 6.01. The van der Waals surface area contributed by atoms with Crippen LogP contribution in [0.4, 0.5) is 11.5 Å². The highest BCUT2D eigenvalue weighted by Crippen LogP contribution is 2.61. The lowest BCUT2D eigenvalue weighted by Gasteiger charge is -2.56. The molecule has 36 heavy (non-hydrogen) atoms. The molecule has 0 atom stereocenters. The maximum atomic E-state index is 13.2. The van der Waals surface area contributed by atoms with Gasteiger partial charge in [-0.2, -0.15) is 4.73 Å². The molecule has 1 radical (unpaired) electrons. The molecule has 7 nitrogen and oxygen atoms in total. The van der Waals surface area contributed by atoms with Gasteiger partial charge in [-0.15, -0.1) is 0 Å². The molecular weight excluding hydrogens is 450 g/mol. The van der Waals surface area contributed by atoms with E-state index in [0.717, 1.165) is 50.5 Å². The van der Waals surface area contributed by atoms with Crippen molar-refractivity contribution in [2.75, 3.05) is 23.7 Å². The molecule has 4 saturated carbocycles. The van der Waals surface area contributed by atoms with Crippen LogP contribution in [0.2, 0.25) is 0 Å². The first-order valence-electron chi connectivity index (χ1n) is 13.2. The number of carbonyl (C=O) groups is 1. The predicted molar refractivity (Wildman–Crippen MR) is 141 cm³/mol. The molecule has 2 aromatic heterocycles. The fourth-order valence-electron chi connectivity index (χ4n) is 7.38. The number of pyridine rings is 2. The normalized spacial score (nSPS) is 26.3. The number of rotatable bonds is 9. The monoisotopic (exact) mass is 484 g/mol. The minimum atomic E-state index is 0.150. The third-order valence-corrected chi connectivity index (χ3v) is 8.38. The van der Waals surface area contributed by atoms with Crippen molar-refractivity contribution in [2.45, 2.75) is 44.9 Å². The van der Waals surface area contributed by atoms with Gasteiger partial charge in [0.1, 0.15) is 5.82 Å². The molecule has 3 aromatic rings. The Bertz CT molecular complexity index is 1210. The second kappa shape index (κ2) is 9.69. The smallest absolute Gasteiger partial charge is 0.224 e. The molecule has 187 valence electrons. The van der Waals surface area contributed by atoms with E-state index >= 15 is 0 Å². The van der Waals surface area contributed by atoms with Crippen LogP contribution < -0.4 is 20.7 Å². The SMILES string of the molecule is O=C(CC12CC3CC(CC(C3)C1)C2)Nc1cccc2nc(NCCN[CH]c3cc[n+]([O-])cc3)ccc12. The van der Waals surface area contributed by atoms with Gasteiger partial charge in [0.15, 0.2) is 12.4 Å². The summed E-state index contributed by atoms with van der Waals surface area (Å²) in [5.41, 5.74) is 2.90. The molecule has 7 heteroatoms. The second-order valence-corrected chi connectivity index (χ2v) is 11.2. The van der Waals surface area contributed by atoms with E-state index in [4.69, 9.17) is 4.98 Å². The summed E-state index contributed by atoms with van der Waals surface area (Å²) in [6.45, 7) is 3.30. The number of fused-ring (bicyclic) bond motifs is 1. The summed E-state index contributed by atoms with van der Waals surface area (Å²) < 4.78 is 0.768. The van der Waals surface area contributed by atoms with E-state index in [-0.39, 0.29) is 11.3 Å². The predicted octanol–water partition coefficient (Wildman–Crippen LogP) is 4.62. The molecule has 4 aliphatic carbocycles. The lowest BCUT2D eigenvalue weighted by Crippen LogP contribution is -2.47. The van der Waals surface area contributed by atoms with E-state index in [9.17, 15) is 10.0 Å². The van der Waals surface area contributed by atoms with Crippen molar-refractivity contribution < 1.29 is 9.52 Å². The van der Waals surface area contributed by atoms with Crippen LogP contribution in [0.1, 0.15) is 50.5 Å². The summed E-state index contributed by atoms with van der Waals surface area (Å²) >= 11 is 0. The van der Waals surface area contributed by atoms with Crippen molar-refractivity contribution >= 4 is 28.3 Å². The molecule has 0 saturated heterocycles. The van der Waals surface area contributed by atoms with Gasteiger partial charge in [-0.25, -0.2) is 4.98 Å². The minimum Gasteiger partial charge on any atom is -0.619 e. The van der Waals surface area contributed by atoms with Gasteiger partial charge in [0.05, 0.1) is 17.7 Å². The molecular formula is C29H34N5O2. The lowest BCUT2D eigenvalue weighted by atomic mass is 9.49. The third kappa shape index (κ3) is 5.03. The molecule has 4 aliphatic rings. The minimum absolute atomic E-state index is 0.150. The van der Waals surface area contributed by atoms with Gasteiger partial charge in [-0.05, 0) is 91.5 Å². The Kier molecular flexibility index (Phi) is 6.25. The Morgan fingerprint density at radius 1 is 1.00 bits per heavy atom. The van der Waals surface area contributed by atoms with Gasteiger partial charge in [-0.3, -0.25) is 4.79 Å². The Morgan fingerprint density at radius 2 is 1.72 bits per heavy atom. The number of carbonyl (C=O) groups excluding carboxylic acids is 1. The Balaban J connectivity index is 1.04. The highest BCUT2D eigenvalue weighted by atomic mass is 16.5. The molecule has 3 N–H and O–H groups in total. The molecule has 4 bridgehead atoms. The summed E-state index contributed by atoms with van der Waals surface area (Å²) in [6, 6.07) is 13.4. The number of benzene rings is 1. The maximum absolute atomic E-state index is 13.2. The zero-order chi connectivity index (χ0) is 24.5. The summed E-state index contributed by atoms with van der Waals surface area (Å²) in [7, 11) is 0. The van der Waals surface area contributed by atoms with Crippen LogP contribution in [0.5, 0.6) is 0 Å². The summed E-state index contributed by atoms with van der Waals surface area (Å²) in [4.78, 5) is 17.9. The second-order valence-electron chi connectivity index (χ2n) is 11.2. The van der Waals surface area contributed by atoms with Crippen molar-refractivity contribution in [3.05, 3.63) is 72.2 Å². The molecule has 0 spiro atoms. The zero-order valence-corrected chi connectivity index (χ0v) is 20.6. The fourth-order valence-corrected chi connectivity index (χ4v) is 7.38. The van der Waals surface area contributed by atoms with E-state index in [1.54, 1.807) is 12.1 Å². The maximum Gasteiger partial charge on any atom is 0.224 e. The molecule has 7 rings (SSSR count). The summed E-state index contributed by atoms with van der Waals surface area (Å²) in [5, 5.41) is 21.9. The van der Waals surface area contributed by atoms with Crippen molar-refractivity contribution in [1.29, 1.82) is 0 Å². The first-order chi connectivity index (χ1) is 17.5. The highest BCUT2D eigenvalue weighted by Gasteiger charge is 2.51. The van der Waals surface area contributed by atoms with Crippen LogP contribution in [0.3, 0.4) is 0 Å². The van der Waals surface area contributed by atoms with Crippen LogP contribution in [0, 0.1) is 34.9 Å². The first-order valence-corrected chi connectivity index (χ1v) is 13.2. The number of amides is 1. The zero-order valence-electron chi connectivity index (χ0n) is 20.6. The molecule has 0 unspecified atom stereocenters. The van der Waals surface area contributed by atoms with Crippen LogP contribution in [0.25, 0.3) is 10.9 Å². The lowest BCUT2D eigenvalue weighted by molar-refractivity contribution is -0.605. The van der Waals surface area contributed by atoms with Crippen molar-refractivity contribution in [3.8, 4) is 0 Å². The Hall–Kier alpha value is -3.19. The van der Waals surface area contributed by atoms with E-state index in [1.807, 2.05) is 36.9 Å². The van der Waals surface area contributed by atoms with Crippen LogP contribution in [-0.2, 0) is 4.79 Å². The van der Waals surface area contributed by atoms with Gasteiger partial charge in [-0.1, -0.05) is 6.07 Å². The van der Waals surface area contributed by atoms with E-state index < -0.39 is 0 Å². The number of nitrogens with one attached hydrogen (secondary N) is 3. The number of anilines is 2. The van der Waals surface area contributed by atoms with E-state index in [1.165, 1.54) is 50.9 Å². The standard InChI is InChI=1S/C29H34N5O2/c35-28(18-29-15-21-12-22(16-29)14-23(13-21)17-29)33-26-3-1-2-25-24(26)4-5-27(32-25)31-9-8-30-19-20-6-10-34(36)11-7-20/h1-7,10-11,19,21-23,30H,8-9,12-18H2,(H,31,32)(H,33,35). The number of aromatic nitrogens is 2. The first kappa shape index (κ1) is 23.2. The summed E-state index contributed by atoms with van der Waals surface area (Å²) in [6.07, 6.45) is 11.5. The topological polar surface area (TPSA) is 93.0 Å². The van der Waals surface area contributed by atoms with Crippen molar-refractivity contribution in [1.82, 2.24) is 10.3 Å². The fraction of sp³-hybridized carbons (Fsp3) is 0.448. The van der Waals surface area contributed by atoms with Gasteiger partial charge < -0.3 is 21.2 Å². The van der Waals surface area contributed by atoms with Gasteiger partial charge in [0.25, 0.3) is 0 Å². The van der Waals surface area contributed by atoms with Crippen LogP contribution in [-0.4, -0.2) is 24.0 Å². The van der Waals surface area contributed by atoms with Crippen molar-refractivity contribution in [2.24, 2.45) is 23.2 Å². The quantitative estimate of drug-likeness (QED) is 0.234. The van der Waals surface area contributed by atoms with Gasteiger partial charge in [0.2, 0.25) is 5.91 Å². The molecule has 1 amide bonds. The van der Waals surface area contributed by atoms with Gasteiger partial charge >= 0.3 is 0 Å². The molecule has 4 fully saturated rings. The van der Waals surface area contributed by atoms with E-state index in [0.29, 0.717) is 19.5 Å². The largest absolute Gasteiger partial charge is 0.619 e. The van der Waals surface area contributed by atoms with E-state index in [2.05, 4.69) is 16.0 Å². The third-order valence-electron chi connectivity index (χ3n) is 8.38. The van der Waals surface area contributed by atoms with Gasteiger partial charge in [0, 0.05) is 37.0 Å². The molecule has 0 aliphatic heterocycles.